The number of hydrogen-bond acceptors (Lipinski definition) is 3. The van der Waals surface area contributed by atoms with E-state index in [0.29, 0.717) is 0 Å². The quantitative estimate of drug-likeness (QED) is 0.745. The van der Waals surface area contributed by atoms with E-state index in [1.54, 1.807) is 19.1 Å². The van der Waals surface area contributed by atoms with Crippen LogP contribution in [-0.2, 0) is 4.79 Å². The monoisotopic (exact) mass is 206 g/mol. The van der Waals surface area contributed by atoms with E-state index >= 15 is 0 Å². The average Bonchev–Trinajstić information content (AvgIpc) is 2.44. The van der Waals surface area contributed by atoms with E-state index in [-0.39, 0.29) is 5.91 Å². The third kappa shape index (κ3) is 1.29. The molecule has 1 unspecified atom stereocenters. The molecule has 1 aromatic rings. The van der Waals surface area contributed by atoms with Crippen LogP contribution in [-0.4, -0.2) is 20.1 Å². The number of carbonyl (C=O) groups excluding carboxylic acids is 1. The highest BCUT2D eigenvalue weighted by atomic mass is 16.5. The summed E-state index contributed by atoms with van der Waals surface area (Å²) < 4.78 is 5.15. The standard InChI is InChI=1S/C11H14N2O2/c1-6-4-7(15-3)5-8-9(12)11(14)13(2)10(6)8/h4-5,9H,12H2,1-3H3. The Labute approximate surface area is 88.6 Å². The molecule has 0 aromatic heterocycles. The molecule has 1 aliphatic rings. The average molecular weight is 206 g/mol. The Morgan fingerprint density at radius 3 is 2.73 bits per heavy atom. The van der Waals surface area contributed by atoms with Gasteiger partial charge >= 0.3 is 0 Å². The number of methoxy groups -OCH3 is 1. The van der Waals surface area contributed by atoms with Crippen LogP contribution in [0.1, 0.15) is 17.2 Å². The molecule has 15 heavy (non-hydrogen) atoms. The Bertz CT molecular complexity index is 429. The number of aryl methyl sites for hydroxylation is 1. The van der Waals surface area contributed by atoms with E-state index < -0.39 is 6.04 Å². The predicted octanol–water partition coefficient (Wildman–Crippen LogP) is 0.980. The number of rotatable bonds is 1. The van der Waals surface area contributed by atoms with Crippen molar-refractivity contribution in [3.05, 3.63) is 23.3 Å². The van der Waals surface area contributed by atoms with Gasteiger partial charge in [0.2, 0.25) is 5.91 Å². The van der Waals surface area contributed by atoms with E-state index in [2.05, 4.69) is 0 Å². The fourth-order valence-corrected chi connectivity index (χ4v) is 2.04. The lowest BCUT2D eigenvalue weighted by molar-refractivity contribution is -0.118. The zero-order chi connectivity index (χ0) is 11.2. The number of benzene rings is 1. The van der Waals surface area contributed by atoms with Gasteiger partial charge in [-0.25, -0.2) is 0 Å². The number of ether oxygens (including phenoxy) is 1. The first-order chi connectivity index (χ1) is 7.06. The maximum atomic E-state index is 11.7. The van der Waals surface area contributed by atoms with Gasteiger partial charge in [-0.1, -0.05) is 0 Å². The van der Waals surface area contributed by atoms with Crippen molar-refractivity contribution >= 4 is 11.6 Å². The number of nitrogens with two attached hydrogens (primary N) is 1. The van der Waals surface area contributed by atoms with Gasteiger partial charge in [-0.3, -0.25) is 4.79 Å². The zero-order valence-electron chi connectivity index (χ0n) is 9.07. The maximum Gasteiger partial charge on any atom is 0.248 e. The molecular weight excluding hydrogens is 192 g/mol. The summed E-state index contributed by atoms with van der Waals surface area (Å²) in [5, 5.41) is 0. The summed E-state index contributed by atoms with van der Waals surface area (Å²) >= 11 is 0. The molecule has 1 heterocycles. The minimum atomic E-state index is -0.557. The second-order valence-electron chi connectivity index (χ2n) is 3.76. The second kappa shape index (κ2) is 3.24. The first kappa shape index (κ1) is 9.98. The number of fused-ring (bicyclic) bond motifs is 1. The second-order valence-corrected chi connectivity index (χ2v) is 3.76. The van der Waals surface area contributed by atoms with Crippen LogP contribution in [0.25, 0.3) is 0 Å². The molecule has 1 aromatic carbocycles. The van der Waals surface area contributed by atoms with E-state index in [9.17, 15) is 4.79 Å². The summed E-state index contributed by atoms with van der Waals surface area (Å²) in [4.78, 5) is 13.3. The van der Waals surface area contributed by atoms with Crippen molar-refractivity contribution < 1.29 is 9.53 Å². The van der Waals surface area contributed by atoms with Crippen LogP contribution >= 0.6 is 0 Å². The van der Waals surface area contributed by atoms with E-state index in [0.717, 1.165) is 22.6 Å². The van der Waals surface area contributed by atoms with Crippen LogP contribution < -0.4 is 15.4 Å². The number of carbonyl (C=O) groups is 1. The third-order valence-electron chi connectivity index (χ3n) is 2.81. The summed E-state index contributed by atoms with van der Waals surface area (Å²) in [5.41, 5.74) is 8.59. The molecule has 0 bridgehead atoms. The van der Waals surface area contributed by atoms with Crippen LogP contribution in [0, 0.1) is 6.92 Å². The topological polar surface area (TPSA) is 55.6 Å². The number of nitrogens with zero attached hydrogens (tertiary/aromatic N) is 1. The summed E-state index contributed by atoms with van der Waals surface area (Å²) in [6, 6.07) is 3.17. The molecule has 2 rings (SSSR count). The minimum absolute atomic E-state index is 0.0682. The Morgan fingerprint density at radius 2 is 2.13 bits per heavy atom. The van der Waals surface area contributed by atoms with Crippen LogP contribution in [0.3, 0.4) is 0 Å². The molecule has 4 nitrogen and oxygen atoms in total. The number of amides is 1. The zero-order valence-corrected chi connectivity index (χ0v) is 9.07. The van der Waals surface area contributed by atoms with Gasteiger partial charge in [0.05, 0.1) is 12.8 Å². The summed E-state index contributed by atoms with van der Waals surface area (Å²) in [5.74, 6) is 0.672. The van der Waals surface area contributed by atoms with Gasteiger partial charge in [0.15, 0.2) is 0 Å². The molecule has 0 saturated heterocycles. The molecule has 0 radical (unpaired) electrons. The van der Waals surface area contributed by atoms with Crippen LogP contribution in [0.2, 0.25) is 0 Å². The van der Waals surface area contributed by atoms with Gasteiger partial charge in [0.25, 0.3) is 0 Å². The molecule has 2 N–H and O–H groups in total. The highest BCUT2D eigenvalue weighted by Gasteiger charge is 2.33. The van der Waals surface area contributed by atoms with Crippen molar-refractivity contribution in [2.45, 2.75) is 13.0 Å². The Hall–Kier alpha value is -1.55. The SMILES string of the molecule is COc1cc(C)c2c(c1)C(N)C(=O)N2C. The van der Waals surface area contributed by atoms with Crippen LogP contribution in [0.5, 0.6) is 5.75 Å². The fraction of sp³-hybridized carbons (Fsp3) is 0.364. The van der Waals surface area contributed by atoms with Crippen molar-refractivity contribution in [2.75, 3.05) is 19.1 Å². The van der Waals surface area contributed by atoms with Crippen molar-refractivity contribution in [2.24, 2.45) is 5.73 Å². The highest BCUT2D eigenvalue weighted by molar-refractivity contribution is 6.05. The highest BCUT2D eigenvalue weighted by Crippen LogP contribution is 2.38. The molecule has 0 spiro atoms. The Kier molecular flexibility index (Phi) is 2.16. The van der Waals surface area contributed by atoms with Gasteiger partial charge in [-0.2, -0.15) is 0 Å². The van der Waals surface area contributed by atoms with Gasteiger partial charge < -0.3 is 15.4 Å². The first-order valence-electron chi connectivity index (χ1n) is 4.78. The molecule has 0 saturated carbocycles. The van der Waals surface area contributed by atoms with Crippen LogP contribution in [0.4, 0.5) is 5.69 Å². The van der Waals surface area contributed by atoms with Crippen molar-refractivity contribution in [1.29, 1.82) is 0 Å². The number of anilines is 1. The van der Waals surface area contributed by atoms with E-state index in [1.807, 2.05) is 19.1 Å². The molecular formula is C11H14N2O2. The molecule has 4 heteroatoms. The smallest absolute Gasteiger partial charge is 0.248 e. The fourth-order valence-electron chi connectivity index (χ4n) is 2.04. The number of hydrogen-bond donors (Lipinski definition) is 1. The van der Waals surface area contributed by atoms with Crippen molar-refractivity contribution in [3.63, 3.8) is 0 Å². The summed E-state index contributed by atoms with van der Waals surface area (Å²) in [6.45, 7) is 1.95. The van der Waals surface area contributed by atoms with Crippen LogP contribution in [0.15, 0.2) is 12.1 Å². The lowest BCUT2D eigenvalue weighted by atomic mass is 10.1. The first-order valence-corrected chi connectivity index (χ1v) is 4.78. The van der Waals surface area contributed by atoms with Crippen molar-refractivity contribution in [3.8, 4) is 5.75 Å². The summed E-state index contributed by atoms with van der Waals surface area (Å²) in [7, 11) is 3.35. The van der Waals surface area contributed by atoms with E-state index in [4.69, 9.17) is 10.5 Å². The van der Waals surface area contributed by atoms with Crippen molar-refractivity contribution in [1.82, 2.24) is 0 Å². The molecule has 0 aliphatic carbocycles. The molecule has 0 fully saturated rings. The molecule has 1 atom stereocenters. The molecule has 80 valence electrons. The van der Waals surface area contributed by atoms with E-state index in [1.165, 1.54) is 0 Å². The van der Waals surface area contributed by atoms with Gasteiger partial charge in [-0.05, 0) is 24.6 Å². The normalized spacial score (nSPS) is 19.3. The van der Waals surface area contributed by atoms with Gasteiger partial charge in [-0.15, -0.1) is 0 Å². The van der Waals surface area contributed by atoms with Gasteiger partial charge in [0.1, 0.15) is 11.8 Å². The number of likely N-dealkylation sites (N-methyl/N-ethyl adjacent to an activating group) is 1. The lowest BCUT2D eigenvalue weighted by Gasteiger charge is -2.13. The largest absolute Gasteiger partial charge is 0.497 e. The lowest BCUT2D eigenvalue weighted by Crippen LogP contribution is -2.28. The third-order valence-corrected chi connectivity index (χ3v) is 2.81. The van der Waals surface area contributed by atoms with Gasteiger partial charge in [0, 0.05) is 12.6 Å². The molecule has 1 amide bonds. The Balaban J connectivity index is 2.63. The minimum Gasteiger partial charge on any atom is -0.497 e. The predicted molar refractivity (Wildman–Crippen MR) is 58.1 cm³/mol. The summed E-state index contributed by atoms with van der Waals surface area (Å²) in [6.07, 6.45) is 0. The molecule has 1 aliphatic heterocycles. The maximum absolute atomic E-state index is 11.7. The Morgan fingerprint density at radius 1 is 1.47 bits per heavy atom.